The Morgan fingerprint density at radius 2 is 1.97 bits per heavy atom. The maximum absolute atomic E-state index is 13.1. The van der Waals surface area contributed by atoms with Crippen LogP contribution in [0.5, 0.6) is 0 Å². The molecule has 1 atom stereocenters. The van der Waals surface area contributed by atoms with Gasteiger partial charge in [0.25, 0.3) is 5.56 Å². The lowest BCUT2D eigenvalue weighted by molar-refractivity contribution is -0.125. The van der Waals surface area contributed by atoms with Crippen molar-refractivity contribution in [1.82, 2.24) is 19.9 Å². The normalized spacial score (nSPS) is 16.1. The van der Waals surface area contributed by atoms with E-state index in [0.717, 1.165) is 36.2 Å². The molecule has 1 aliphatic heterocycles. The maximum atomic E-state index is 13.1. The van der Waals surface area contributed by atoms with Crippen LogP contribution in [0.3, 0.4) is 0 Å². The molecule has 1 aliphatic rings. The number of nitrogens with one attached hydrogen (secondary N) is 2. The minimum atomic E-state index is -0.295. The number of anilines is 2. The quantitative estimate of drug-likeness (QED) is 0.559. The highest BCUT2D eigenvalue weighted by molar-refractivity contribution is 7.22. The van der Waals surface area contributed by atoms with Gasteiger partial charge >= 0.3 is 0 Å². The van der Waals surface area contributed by atoms with Gasteiger partial charge in [-0.15, -0.1) is 0 Å². The van der Waals surface area contributed by atoms with Gasteiger partial charge in [0.05, 0.1) is 5.92 Å². The zero-order valence-corrected chi connectivity index (χ0v) is 20.7. The molecule has 3 aromatic rings. The molecule has 1 saturated heterocycles. The number of hydrogen-bond acceptors (Lipinski definition) is 7. The number of fused-ring (bicyclic) bond motifs is 1. The van der Waals surface area contributed by atoms with Gasteiger partial charge in [-0.05, 0) is 51.7 Å². The van der Waals surface area contributed by atoms with Crippen molar-refractivity contribution in [1.29, 1.82) is 0 Å². The van der Waals surface area contributed by atoms with Crippen LogP contribution < -0.4 is 21.1 Å². The van der Waals surface area contributed by atoms with Crippen LogP contribution in [0.2, 0.25) is 0 Å². The average Bonchev–Trinajstić information content (AvgIpc) is 3.23. The fourth-order valence-electron chi connectivity index (χ4n) is 4.20. The van der Waals surface area contributed by atoms with Crippen LogP contribution in [-0.4, -0.2) is 45.5 Å². The van der Waals surface area contributed by atoms with Crippen LogP contribution in [0.25, 0.3) is 10.3 Å². The highest BCUT2D eigenvalue weighted by atomic mass is 32.1. The molecule has 0 spiro atoms. The van der Waals surface area contributed by atoms with Crippen molar-refractivity contribution < 1.29 is 9.59 Å². The maximum Gasteiger partial charge on any atom is 0.273 e. The Labute approximate surface area is 202 Å². The lowest BCUT2D eigenvalue weighted by atomic mass is 9.97. The summed E-state index contributed by atoms with van der Waals surface area (Å²) < 4.78 is 1.72. The fourth-order valence-corrected chi connectivity index (χ4v) is 5.20. The fraction of sp³-hybridized carbons (Fsp3) is 0.458. The van der Waals surface area contributed by atoms with Crippen LogP contribution in [0.15, 0.2) is 29.3 Å². The van der Waals surface area contributed by atoms with Crippen molar-refractivity contribution in [2.75, 3.05) is 23.3 Å². The van der Waals surface area contributed by atoms with Gasteiger partial charge in [-0.2, -0.15) is 4.98 Å². The number of piperidine rings is 1. The van der Waals surface area contributed by atoms with Crippen LogP contribution in [-0.2, 0) is 16.1 Å². The lowest BCUT2D eigenvalue weighted by Crippen LogP contribution is -2.44. The minimum absolute atomic E-state index is 0.0520. The largest absolute Gasteiger partial charge is 0.354 e. The number of aromatic nitrogens is 3. The molecule has 1 fully saturated rings. The minimum Gasteiger partial charge on any atom is -0.354 e. The second kappa shape index (κ2) is 9.92. The molecule has 2 N–H and O–H groups in total. The SMILES string of the molecule is Cc1cccc(C)c1NC(=O)Cn1cnc2nc(N3CCCC(C(=O)NC(C)C)C3)sc2c1=O. The van der Waals surface area contributed by atoms with Crippen molar-refractivity contribution in [2.45, 2.75) is 53.1 Å². The first-order valence-electron chi connectivity index (χ1n) is 11.5. The van der Waals surface area contributed by atoms with Crippen LogP contribution in [0.4, 0.5) is 10.8 Å². The van der Waals surface area contributed by atoms with Gasteiger partial charge in [-0.1, -0.05) is 29.5 Å². The van der Waals surface area contributed by atoms with Crippen LogP contribution in [0, 0.1) is 19.8 Å². The van der Waals surface area contributed by atoms with E-state index in [1.54, 1.807) is 0 Å². The Bertz CT molecular complexity index is 1260. The molecule has 9 nitrogen and oxygen atoms in total. The number of hydrogen-bond donors (Lipinski definition) is 2. The van der Waals surface area contributed by atoms with E-state index in [0.29, 0.717) is 22.0 Å². The molecule has 0 radical (unpaired) electrons. The monoisotopic (exact) mass is 482 g/mol. The molecule has 1 unspecified atom stereocenters. The van der Waals surface area contributed by atoms with Crippen molar-refractivity contribution in [3.05, 3.63) is 46.0 Å². The van der Waals surface area contributed by atoms with Gasteiger partial charge < -0.3 is 15.5 Å². The highest BCUT2D eigenvalue weighted by Gasteiger charge is 2.28. The first kappa shape index (κ1) is 23.9. The van der Waals surface area contributed by atoms with Gasteiger partial charge in [0, 0.05) is 24.8 Å². The Hall–Kier alpha value is -3.27. The van der Waals surface area contributed by atoms with Gasteiger partial charge in [0.15, 0.2) is 10.8 Å². The summed E-state index contributed by atoms with van der Waals surface area (Å²) in [4.78, 5) is 49.1. The topological polar surface area (TPSA) is 109 Å². The number of carbonyl (C=O) groups excluding carboxylic acids is 2. The number of carbonyl (C=O) groups is 2. The van der Waals surface area contributed by atoms with Gasteiger partial charge in [-0.3, -0.25) is 19.0 Å². The van der Waals surface area contributed by atoms with E-state index in [2.05, 4.69) is 25.5 Å². The van der Waals surface area contributed by atoms with Gasteiger partial charge in [0.1, 0.15) is 17.6 Å². The molecule has 0 saturated carbocycles. The summed E-state index contributed by atoms with van der Waals surface area (Å²) in [7, 11) is 0. The van der Waals surface area contributed by atoms with E-state index < -0.39 is 0 Å². The van der Waals surface area contributed by atoms with Gasteiger partial charge in [0.2, 0.25) is 11.8 Å². The standard InChI is InChI=1S/C24H30N6O3S/c1-14(2)26-22(32)17-9-6-10-29(11-17)24-28-21-20(34-24)23(33)30(13-25-21)12-18(31)27-19-15(3)7-5-8-16(19)4/h5,7-8,13-14,17H,6,9-12H2,1-4H3,(H,26,32)(H,27,31). The summed E-state index contributed by atoms with van der Waals surface area (Å²) in [5, 5.41) is 6.57. The van der Waals surface area contributed by atoms with E-state index in [9.17, 15) is 14.4 Å². The predicted molar refractivity (Wildman–Crippen MR) is 134 cm³/mol. The lowest BCUT2D eigenvalue weighted by Gasteiger charge is -2.32. The second-order valence-electron chi connectivity index (χ2n) is 9.09. The summed E-state index contributed by atoms with van der Waals surface area (Å²) in [6, 6.07) is 5.89. The molecule has 0 bridgehead atoms. The Balaban J connectivity index is 1.51. The van der Waals surface area contributed by atoms with Crippen molar-refractivity contribution in [3.8, 4) is 0 Å². The average molecular weight is 483 g/mol. The Morgan fingerprint density at radius 3 is 2.68 bits per heavy atom. The third-order valence-electron chi connectivity index (χ3n) is 5.93. The van der Waals surface area contributed by atoms with Crippen LogP contribution >= 0.6 is 11.3 Å². The Morgan fingerprint density at radius 1 is 1.24 bits per heavy atom. The Kier molecular flexibility index (Phi) is 6.97. The summed E-state index contributed by atoms with van der Waals surface area (Å²) in [6.45, 7) is 8.96. The molecule has 34 heavy (non-hydrogen) atoms. The van der Waals surface area contributed by atoms with Crippen molar-refractivity contribution >= 4 is 44.3 Å². The molecular weight excluding hydrogens is 452 g/mol. The summed E-state index contributed by atoms with van der Waals surface area (Å²) in [5.41, 5.74) is 2.75. The van der Waals surface area contributed by atoms with Gasteiger partial charge in [-0.25, -0.2) is 4.98 Å². The van der Waals surface area contributed by atoms with Crippen molar-refractivity contribution in [3.63, 3.8) is 0 Å². The first-order valence-corrected chi connectivity index (χ1v) is 12.3. The zero-order valence-electron chi connectivity index (χ0n) is 19.9. The smallest absolute Gasteiger partial charge is 0.273 e. The number of rotatable bonds is 6. The third-order valence-corrected chi connectivity index (χ3v) is 7.02. The molecule has 4 rings (SSSR count). The zero-order chi connectivity index (χ0) is 24.4. The number of aryl methyl sites for hydroxylation is 2. The molecule has 3 heterocycles. The number of amides is 2. The van der Waals surface area contributed by atoms with E-state index >= 15 is 0 Å². The summed E-state index contributed by atoms with van der Waals surface area (Å²) >= 11 is 1.26. The van der Waals surface area contributed by atoms with Crippen molar-refractivity contribution in [2.24, 2.45) is 5.92 Å². The predicted octanol–water partition coefficient (Wildman–Crippen LogP) is 2.85. The van der Waals surface area contributed by atoms with Crippen LogP contribution in [0.1, 0.15) is 37.8 Å². The molecule has 0 aliphatic carbocycles. The van der Waals surface area contributed by atoms with E-state index in [1.165, 1.54) is 22.2 Å². The second-order valence-corrected chi connectivity index (χ2v) is 10.1. The number of nitrogens with zero attached hydrogens (tertiary/aromatic N) is 4. The highest BCUT2D eigenvalue weighted by Crippen LogP contribution is 2.29. The molecule has 1 aromatic carbocycles. The van der Waals surface area contributed by atoms with E-state index in [-0.39, 0.29) is 35.9 Å². The molecule has 2 amide bonds. The summed E-state index contributed by atoms with van der Waals surface area (Å²) in [5.74, 6) is -0.349. The van der Waals surface area contributed by atoms with E-state index in [1.807, 2.05) is 45.9 Å². The van der Waals surface area contributed by atoms with E-state index in [4.69, 9.17) is 0 Å². The number of thiazole rings is 1. The number of benzene rings is 1. The molecule has 2 aromatic heterocycles. The number of para-hydroxylation sites is 1. The first-order chi connectivity index (χ1) is 16.2. The molecule has 180 valence electrons. The summed E-state index contributed by atoms with van der Waals surface area (Å²) in [6.07, 6.45) is 3.08. The molecular formula is C24H30N6O3S. The third kappa shape index (κ3) is 5.11. The molecule has 10 heteroatoms.